The van der Waals surface area contributed by atoms with E-state index in [0.29, 0.717) is 12.0 Å². The zero-order valence-electron chi connectivity index (χ0n) is 9.82. The summed E-state index contributed by atoms with van der Waals surface area (Å²) in [6.07, 6.45) is 0. The summed E-state index contributed by atoms with van der Waals surface area (Å²) in [5.41, 5.74) is 10.6. The van der Waals surface area contributed by atoms with Gasteiger partial charge >= 0.3 is 5.97 Å². The molecule has 0 rings (SSSR count). The van der Waals surface area contributed by atoms with Gasteiger partial charge < -0.3 is 16.6 Å². The molecule has 0 fully saturated rings. The maximum atomic E-state index is 10.0. The summed E-state index contributed by atoms with van der Waals surface area (Å²) < 4.78 is 0. The Morgan fingerprint density at radius 1 is 1.00 bits per heavy atom. The Labute approximate surface area is 86.7 Å². The molecule has 0 aromatic rings. The summed E-state index contributed by atoms with van der Waals surface area (Å²) in [7, 11) is 0. The lowest BCUT2D eigenvalue weighted by Crippen LogP contribution is -2.34. The molecule has 2 atom stereocenters. The highest BCUT2D eigenvalue weighted by molar-refractivity contribution is 5.73. The highest BCUT2D eigenvalue weighted by Gasteiger charge is 2.14. The van der Waals surface area contributed by atoms with Crippen LogP contribution in [0.3, 0.4) is 0 Å². The monoisotopic (exact) mass is 204 g/mol. The van der Waals surface area contributed by atoms with Gasteiger partial charge in [0.2, 0.25) is 0 Å². The molecule has 5 N–H and O–H groups in total. The smallest absolute Gasteiger partial charge is 0.320 e. The van der Waals surface area contributed by atoms with E-state index in [1.165, 1.54) is 0 Å². The molecule has 0 saturated heterocycles. The third-order valence-corrected chi connectivity index (χ3v) is 2.05. The largest absolute Gasteiger partial charge is 0.480 e. The number of carboxylic acid groups (broad SMARTS) is 1. The Morgan fingerprint density at radius 2 is 1.29 bits per heavy atom. The SMILES string of the molecule is CC(C)[C@@H](C)N.CC(C)[C@H](N)C(=O)O. The van der Waals surface area contributed by atoms with Crippen LogP contribution in [-0.2, 0) is 4.79 Å². The first-order valence-corrected chi connectivity index (χ1v) is 4.94. The summed E-state index contributed by atoms with van der Waals surface area (Å²) in [6.45, 7) is 9.80. The summed E-state index contributed by atoms with van der Waals surface area (Å²) in [4.78, 5) is 10.0. The molecular weight excluding hydrogens is 180 g/mol. The van der Waals surface area contributed by atoms with Crippen molar-refractivity contribution in [3.63, 3.8) is 0 Å². The number of nitrogens with two attached hydrogens (primary N) is 2. The second-order valence-electron chi connectivity index (χ2n) is 4.21. The Morgan fingerprint density at radius 3 is 1.29 bits per heavy atom. The maximum absolute atomic E-state index is 10.0. The van der Waals surface area contributed by atoms with E-state index in [-0.39, 0.29) is 5.92 Å². The van der Waals surface area contributed by atoms with Crippen LogP contribution < -0.4 is 11.5 Å². The van der Waals surface area contributed by atoms with E-state index in [9.17, 15) is 4.79 Å². The van der Waals surface area contributed by atoms with Crippen LogP contribution in [0.1, 0.15) is 34.6 Å². The van der Waals surface area contributed by atoms with Gasteiger partial charge in [-0.15, -0.1) is 0 Å². The molecule has 4 heteroatoms. The maximum Gasteiger partial charge on any atom is 0.320 e. The second kappa shape index (κ2) is 7.76. The van der Waals surface area contributed by atoms with Gasteiger partial charge in [-0.05, 0) is 18.8 Å². The average molecular weight is 204 g/mol. The van der Waals surface area contributed by atoms with Crippen LogP contribution in [-0.4, -0.2) is 23.2 Å². The Bertz CT molecular complexity index is 150. The first-order chi connectivity index (χ1) is 6.20. The molecule has 0 spiro atoms. The van der Waals surface area contributed by atoms with Crippen molar-refractivity contribution in [3.05, 3.63) is 0 Å². The van der Waals surface area contributed by atoms with Crippen molar-refractivity contribution in [1.29, 1.82) is 0 Å². The van der Waals surface area contributed by atoms with Crippen molar-refractivity contribution in [2.75, 3.05) is 0 Å². The van der Waals surface area contributed by atoms with Gasteiger partial charge in [0.15, 0.2) is 0 Å². The molecule has 0 aliphatic rings. The van der Waals surface area contributed by atoms with E-state index in [0.717, 1.165) is 0 Å². The van der Waals surface area contributed by atoms with Crippen LogP contribution in [0.5, 0.6) is 0 Å². The predicted octanol–water partition coefficient (Wildman–Crippen LogP) is 1.04. The minimum absolute atomic E-state index is 0.0208. The van der Waals surface area contributed by atoms with Crippen molar-refractivity contribution in [3.8, 4) is 0 Å². The molecule has 4 nitrogen and oxygen atoms in total. The molecule has 0 aromatic heterocycles. The zero-order chi connectivity index (χ0) is 11.9. The van der Waals surface area contributed by atoms with Gasteiger partial charge in [0.05, 0.1) is 0 Å². The lowest BCUT2D eigenvalue weighted by atomic mass is 10.1. The lowest BCUT2D eigenvalue weighted by molar-refractivity contribution is -0.139. The van der Waals surface area contributed by atoms with E-state index in [1.807, 2.05) is 6.92 Å². The van der Waals surface area contributed by atoms with Gasteiger partial charge in [-0.1, -0.05) is 27.7 Å². The molecule has 0 heterocycles. The third-order valence-electron chi connectivity index (χ3n) is 2.05. The highest BCUT2D eigenvalue weighted by atomic mass is 16.4. The molecule has 0 aromatic carbocycles. The number of carboxylic acids is 1. The number of carbonyl (C=O) groups is 1. The number of rotatable bonds is 3. The van der Waals surface area contributed by atoms with Crippen LogP contribution in [0.4, 0.5) is 0 Å². The van der Waals surface area contributed by atoms with Crippen LogP contribution >= 0.6 is 0 Å². The minimum atomic E-state index is -0.931. The summed E-state index contributed by atoms with van der Waals surface area (Å²) in [6, 6.07) is -0.361. The fraction of sp³-hybridized carbons (Fsp3) is 0.900. The molecule has 0 aliphatic heterocycles. The Balaban J connectivity index is 0. The lowest BCUT2D eigenvalue weighted by Gasteiger charge is -2.07. The Kier molecular flexibility index (Phi) is 8.79. The van der Waals surface area contributed by atoms with E-state index >= 15 is 0 Å². The molecule has 14 heavy (non-hydrogen) atoms. The molecule has 0 bridgehead atoms. The number of hydrogen-bond acceptors (Lipinski definition) is 3. The third kappa shape index (κ3) is 9.48. The molecule has 0 radical (unpaired) electrons. The van der Waals surface area contributed by atoms with Gasteiger partial charge in [-0.25, -0.2) is 0 Å². The fourth-order valence-electron chi connectivity index (χ4n) is 0.285. The van der Waals surface area contributed by atoms with Crippen molar-refractivity contribution in [2.24, 2.45) is 23.3 Å². The van der Waals surface area contributed by atoms with Crippen LogP contribution in [0, 0.1) is 11.8 Å². The molecule has 86 valence electrons. The van der Waals surface area contributed by atoms with Crippen molar-refractivity contribution >= 4 is 5.97 Å². The van der Waals surface area contributed by atoms with E-state index in [1.54, 1.807) is 13.8 Å². The van der Waals surface area contributed by atoms with Gasteiger partial charge in [-0.2, -0.15) is 0 Å². The Hall–Kier alpha value is -0.610. The minimum Gasteiger partial charge on any atom is -0.480 e. The molecule has 0 aliphatic carbocycles. The van der Waals surface area contributed by atoms with Gasteiger partial charge in [0.1, 0.15) is 6.04 Å². The van der Waals surface area contributed by atoms with Crippen LogP contribution in [0.2, 0.25) is 0 Å². The number of hydrogen-bond donors (Lipinski definition) is 3. The normalized spacial score (nSPS) is 14.6. The summed E-state index contributed by atoms with van der Waals surface area (Å²) in [5.74, 6) is -0.280. The molecule has 0 unspecified atom stereocenters. The standard InChI is InChI=1S/C5H11NO2.C5H13N/c1-3(2)4(6)5(7)8;1-4(2)5(3)6/h3-4H,6H2,1-2H3,(H,7,8);4-5H,6H2,1-3H3/t4-;5-/m01/s1. The average Bonchev–Trinajstić information content (AvgIpc) is 2.03. The predicted molar refractivity (Wildman–Crippen MR) is 58.9 cm³/mol. The van der Waals surface area contributed by atoms with Crippen molar-refractivity contribution in [1.82, 2.24) is 0 Å². The van der Waals surface area contributed by atoms with Crippen molar-refractivity contribution < 1.29 is 9.90 Å². The highest BCUT2D eigenvalue weighted by Crippen LogP contribution is 1.96. The summed E-state index contributed by atoms with van der Waals surface area (Å²) in [5, 5.41) is 8.23. The molecule has 0 amide bonds. The van der Waals surface area contributed by atoms with Gasteiger partial charge in [0, 0.05) is 6.04 Å². The van der Waals surface area contributed by atoms with E-state index in [4.69, 9.17) is 16.6 Å². The van der Waals surface area contributed by atoms with Crippen molar-refractivity contribution in [2.45, 2.75) is 46.7 Å². The number of aliphatic carboxylic acids is 1. The molecular formula is C10H24N2O2. The van der Waals surface area contributed by atoms with Gasteiger partial charge in [-0.3, -0.25) is 4.79 Å². The van der Waals surface area contributed by atoms with E-state index in [2.05, 4.69) is 13.8 Å². The van der Waals surface area contributed by atoms with Gasteiger partial charge in [0.25, 0.3) is 0 Å². The van der Waals surface area contributed by atoms with Crippen LogP contribution in [0.15, 0.2) is 0 Å². The topological polar surface area (TPSA) is 89.3 Å². The first-order valence-electron chi connectivity index (χ1n) is 4.94. The fourth-order valence-corrected chi connectivity index (χ4v) is 0.285. The quantitative estimate of drug-likeness (QED) is 0.641. The van der Waals surface area contributed by atoms with E-state index < -0.39 is 12.0 Å². The summed E-state index contributed by atoms with van der Waals surface area (Å²) >= 11 is 0. The van der Waals surface area contributed by atoms with Crippen LogP contribution in [0.25, 0.3) is 0 Å². The zero-order valence-corrected chi connectivity index (χ0v) is 9.82. The second-order valence-corrected chi connectivity index (χ2v) is 4.21. The first kappa shape index (κ1) is 15.8. The molecule has 0 saturated carbocycles.